The van der Waals surface area contributed by atoms with E-state index in [1.54, 1.807) is 0 Å². The first-order chi connectivity index (χ1) is 7.77. The maximum Gasteiger partial charge on any atom is 0.126 e. The third-order valence-corrected chi connectivity index (χ3v) is 3.50. The lowest BCUT2D eigenvalue weighted by molar-refractivity contribution is 0.631. The lowest BCUT2D eigenvalue weighted by Crippen LogP contribution is -1.96. The van der Waals surface area contributed by atoms with Crippen molar-refractivity contribution < 1.29 is 4.52 Å². The molecule has 0 radical (unpaired) electrons. The highest BCUT2D eigenvalue weighted by Gasteiger charge is 2.01. The summed E-state index contributed by atoms with van der Waals surface area (Å²) in [6.45, 7) is 4.20. The highest BCUT2D eigenvalue weighted by atomic mass is 31.1. The average Bonchev–Trinajstić information content (AvgIpc) is 2.32. The predicted molar refractivity (Wildman–Crippen MR) is 70.9 cm³/mol. The molecule has 0 aliphatic heterocycles. The fraction of sp³-hybridized carbons (Fsp3) is 0.143. The second-order valence-corrected chi connectivity index (χ2v) is 4.75. The number of rotatable bonds is 3. The molecule has 0 amide bonds. The van der Waals surface area contributed by atoms with E-state index in [0.717, 1.165) is 5.75 Å². The van der Waals surface area contributed by atoms with Crippen LogP contribution in [0, 0.1) is 13.8 Å². The molecule has 0 aliphatic rings. The van der Waals surface area contributed by atoms with E-state index in [2.05, 4.69) is 32.0 Å². The van der Waals surface area contributed by atoms with Crippen molar-refractivity contribution in [1.29, 1.82) is 0 Å². The van der Waals surface area contributed by atoms with Crippen LogP contribution in [0.3, 0.4) is 0 Å². The highest BCUT2D eigenvalue weighted by molar-refractivity contribution is 7.42. The molecule has 82 valence electrons. The van der Waals surface area contributed by atoms with Crippen molar-refractivity contribution in [2.45, 2.75) is 13.8 Å². The van der Waals surface area contributed by atoms with E-state index >= 15 is 0 Å². The van der Waals surface area contributed by atoms with Crippen LogP contribution in [0.1, 0.15) is 11.1 Å². The van der Waals surface area contributed by atoms with Crippen LogP contribution in [-0.2, 0) is 0 Å². The van der Waals surface area contributed by atoms with Gasteiger partial charge in [-0.15, -0.1) is 0 Å². The van der Waals surface area contributed by atoms with Gasteiger partial charge in [0, 0.05) is 5.30 Å². The van der Waals surface area contributed by atoms with Gasteiger partial charge in [0.05, 0.1) is 0 Å². The van der Waals surface area contributed by atoms with Gasteiger partial charge in [0.1, 0.15) is 14.6 Å². The maximum absolute atomic E-state index is 5.83. The van der Waals surface area contributed by atoms with Crippen LogP contribution >= 0.6 is 8.81 Å². The topological polar surface area (TPSA) is 9.23 Å². The number of hydrogen-bond acceptors (Lipinski definition) is 1. The summed E-state index contributed by atoms with van der Waals surface area (Å²) in [5.74, 6) is 0.988. The monoisotopic (exact) mass is 230 g/mol. The minimum atomic E-state index is 0.375. The molecule has 2 aromatic rings. The first-order valence-electron chi connectivity index (χ1n) is 5.31. The van der Waals surface area contributed by atoms with E-state index in [-0.39, 0.29) is 0 Å². The van der Waals surface area contributed by atoms with E-state index in [1.807, 2.05) is 30.3 Å². The van der Waals surface area contributed by atoms with Crippen LogP contribution < -0.4 is 9.83 Å². The summed E-state index contributed by atoms with van der Waals surface area (Å²) in [4.78, 5) is 0. The van der Waals surface area contributed by atoms with Gasteiger partial charge in [0.15, 0.2) is 0 Å². The van der Waals surface area contributed by atoms with Crippen molar-refractivity contribution in [3.63, 3.8) is 0 Å². The largest absolute Gasteiger partial charge is 0.472 e. The standard InChI is InChI=1S/C14H15OP/c1-11-7-6-10-14(12(11)2)15-16-13-8-4-3-5-9-13/h3-10,16H,1-2H3. The molecule has 2 rings (SSSR count). The van der Waals surface area contributed by atoms with Gasteiger partial charge in [0.2, 0.25) is 0 Å². The van der Waals surface area contributed by atoms with Gasteiger partial charge >= 0.3 is 0 Å². The summed E-state index contributed by atoms with van der Waals surface area (Å²) in [5, 5.41) is 1.23. The summed E-state index contributed by atoms with van der Waals surface area (Å²) < 4.78 is 5.83. The SMILES string of the molecule is Cc1cccc(OPc2ccccc2)c1C. The zero-order valence-corrected chi connectivity index (χ0v) is 10.5. The lowest BCUT2D eigenvalue weighted by atomic mass is 10.1. The number of benzene rings is 2. The van der Waals surface area contributed by atoms with Gasteiger partial charge in [-0.3, -0.25) is 0 Å². The Morgan fingerprint density at radius 2 is 1.62 bits per heavy atom. The van der Waals surface area contributed by atoms with Gasteiger partial charge < -0.3 is 4.52 Å². The summed E-state index contributed by atoms with van der Waals surface area (Å²) in [6.07, 6.45) is 0. The third-order valence-electron chi connectivity index (χ3n) is 2.61. The first kappa shape index (κ1) is 11.2. The smallest absolute Gasteiger partial charge is 0.126 e. The lowest BCUT2D eigenvalue weighted by Gasteiger charge is -2.10. The minimum Gasteiger partial charge on any atom is -0.472 e. The fourth-order valence-electron chi connectivity index (χ4n) is 1.45. The molecule has 2 aromatic carbocycles. The predicted octanol–water partition coefficient (Wildman–Crippen LogP) is 3.60. The van der Waals surface area contributed by atoms with E-state index in [9.17, 15) is 0 Å². The quantitative estimate of drug-likeness (QED) is 0.732. The van der Waals surface area contributed by atoms with Crippen molar-refractivity contribution in [1.82, 2.24) is 0 Å². The van der Waals surface area contributed by atoms with Crippen molar-refractivity contribution in [3.05, 3.63) is 59.7 Å². The molecule has 0 bridgehead atoms. The van der Waals surface area contributed by atoms with E-state index < -0.39 is 0 Å². The van der Waals surface area contributed by atoms with E-state index in [1.165, 1.54) is 16.4 Å². The maximum atomic E-state index is 5.83. The average molecular weight is 230 g/mol. The molecular weight excluding hydrogens is 215 g/mol. The summed E-state index contributed by atoms with van der Waals surface area (Å²) in [7, 11) is 0.375. The van der Waals surface area contributed by atoms with Crippen LogP contribution in [0.5, 0.6) is 5.75 Å². The van der Waals surface area contributed by atoms with Crippen LogP contribution in [0.15, 0.2) is 48.5 Å². The summed E-state index contributed by atoms with van der Waals surface area (Å²) in [5.41, 5.74) is 2.50. The van der Waals surface area contributed by atoms with Gasteiger partial charge in [-0.1, -0.05) is 42.5 Å². The van der Waals surface area contributed by atoms with Crippen LogP contribution in [-0.4, -0.2) is 0 Å². The van der Waals surface area contributed by atoms with Crippen LogP contribution in [0.25, 0.3) is 0 Å². The van der Waals surface area contributed by atoms with Gasteiger partial charge in [-0.05, 0) is 31.0 Å². The molecule has 0 N–H and O–H groups in total. The van der Waals surface area contributed by atoms with Crippen LogP contribution in [0.2, 0.25) is 0 Å². The first-order valence-corrected chi connectivity index (χ1v) is 6.22. The normalized spacial score (nSPS) is 10.9. The Kier molecular flexibility index (Phi) is 3.58. The number of hydrogen-bond donors (Lipinski definition) is 0. The van der Waals surface area contributed by atoms with E-state index in [0.29, 0.717) is 8.81 Å². The third kappa shape index (κ3) is 2.62. The summed E-state index contributed by atoms with van der Waals surface area (Å²) >= 11 is 0. The summed E-state index contributed by atoms with van der Waals surface area (Å²) in [6, 6.07) is 16.4. The zero-order valence-electron chi connectivity index (χ0n) is 9.53. The van der Waals surface area contributed by atoms with Crippen molar-refractivity contribution in [3.8, 4) is 5.75 Å². The molecular formula is C14H15OP. The Morgan fingerprint density at radius 1 is 0.875 bits per heavy atom. The minimum absolute atomic E-state index is 0.375. The molecule has 1 atom stereocenters. The highest BCUT2D eigenvalue weighted by Crippen LogP contribution is 2.26. The molecule has 0 aromatic heterocycles. The molecule has 16 heavy (non-hydrogen) atoms. The molecule has 0 saturated carbocycles. The Labute approximate surface area is 98.3 Å². The van der Waals surface area contributed by atoms with Crippen LogP contribution in [0.4, 0.5) is 0 Å². The molecule has 0 aliphatic carbocycles. The Bertz CT molecular complexity index is 465. The second-order valence-electron chi connectivity index (χ2n) is 3.77. The Balaban J connectivity index is 2.08. The zero-order chi connectivity index (χ0) is 11.4. The molecule has 2 heteroatoms. The van der Waals surface area contributed by atoms with Crippen molar-refractivity contribution in [2.75, 3.05) is 0 Å². The molecule has 0 saturated heterocycles. The number of aryl methyl sites for hydroxylation is 1. The molecule has 1 unspecified atom stereocenters. The Hall–Kier alpha value is -1.33. The molecule has 0 spiro atoms. The Morgan fingerprint density at radius 3 is 2.38 bits per heavy atom. The van der Waals surface area contributed by atoms with Crippen molar-refractivity contribution in [2.24, 2.45) is 0 Å². The molecule has 0 fully saturated rings. The fourth-order valence-corrected chi connectivity index (χ4v) is 2.23. The van der Waals surface area contributed by atoms with Crippen molar-refractivity contribution >= 4 is 14.1 Å². The van der Waals surface area contributed by atoms with E-state index in [4.69, 9.17) is 4.52 Å². The second kappa shape index (κ2) is 5.14. The molecule has 0 heterocycles. The van der Waals surface area contributed by atoms with Gasteiger partial charge in [-0.25, -0.2) is 0 Å². The van der Waals surface area contributed by atoms with Gasteiger partial charge in [0.25, 0.3) is 0 Å². The van der Waals surface area contributed by atoms with Gasteiger partial charge in [-0.2, -0.15) is 0 Å². The molecule has 1 nitrogen and oxygen atoms in total.